The molecule has 102 valence electrons. The summed E-state index contributed by atoms with van der Waals surface area (Å²) in [4.78, 5) is 11.3. The molecule has 0 aliphatic carbocycles. The number of hydrogen-bond donors (Lipinski definition) is 1. The van der Waals surface area contributed by atoms with Crippen molar-refractivity contribution in [3.8, 4) is 0 Å². The Bertz CT molecular complexity index is 201. The van der Waals surface area contributed by atoms with Crippen LogP contribution in [-0.4, -0.2) is 51.6 Å². The van der Waals surface area contributed by atoms with Crippen LogP contribution in [0.4, 0.5) is 0 Å². The fourth-order valence-electron chi connectivity index (χ4n) is 1.07. The lowest BCUT2D eigenvalue weighted by molar-refractivity contribution is -0.145. The lowest BCUT2D eigenvalue weighted by atomic mass is 10.1. The van der Waals surface area contributed by atoms with E-state index < -0.39 is 0 Å². The van der Waals surface area contributed by atoms with Crippen LogP contribution in [0.2, 0.25) is 0 Å². The van der Waals surface area contributed by atoms with E-state index in [9.17, 15) is 4.79 Å². The maximum Gasteiger partial charge on any atom is 0.307 e. The summed E-state index contributed by atoms with van der Waals surface area (Å²) in [6.45, 7) is 8.61. The van der Waals surface area contributed by atoms with Gasteiger partial charge in [-0.25, -0.2) is 0 Å². The van der Waals surface area contributed by atoms with E-state index in [2.05, 4.69) is 26.1 Å². The summed E-state index contributed by atoms with van der Waals surface area (Å²) in [5.74, 6) is -0.197. The zero-order valence-electron chi connectivity index (χ0n) is 11.4. The number of hydrogen-bond acceptors (Lipinski definition) is 5. The van der Waals surface area contributed by atoms with Crippen LogP contribution in [0.3, 0.4) is 0 Å². The van der Waals surface area contributed by atoms with Gasteiger partial charge in [0.2, 0.25) is 0 Å². The predicted octanol–water partition coefficient (Wildman–Crippen LogP) is 0.971. The highest BCUT2D eigenvalue weighted by atomic mass is 16.6. The fourth-order valence-corrected chi connectivity index (χ4v) is 1.07. The third-order valence-electron chi connectivity index (χ3n) is 1.91. The van der Waals surface area contributed by atoms with Crippen LogP contribution in [0.25, 0.3) is 0 Å². The van der Waals surface area contributed by atoms with Crippen molar-refractivity contribution in [1.82, 2.24) is 5.32 Å². The van der Waals surface area contributed by atoms with Gasteiger partial charge in [0, 0.05) is 19.2 Å². The number of methoxy groups -OCH3 is 1. The number of carbonyl (C=O) groups excluding carboxylic acids is 1. The van der Waals surface area contributed by atoms with E-state index in [0.29, 0.717) is 39.4 Å². The van der Waals surface area contributed by atoms with E-state index in [1.165, 1.54) is 0 Å². The van der Waals surface area contributed by atoms with E-state index in [0.717, 1.165) is 0 Å². The van der Waals surface area contributed by atoms with Gasteiger partial charge in [-0.1, -0.05) is 0 Å². The highest BCUT2D eigenvalue weighted by Crippen LogP contribution is 1.98. The van der Waals surface area contributed by atoms with Crippen LogP contribution >= 0.6 is 0 Å². The molecule has 0 rings (SSSR count). The molecule has 0 bridgehead atoms. The standard InChI is InChI=1S/C12H25NO4/c1-12(2,3)13-6-5-11(14)17-10-9-16-8-7-15-4/h13H,5-10H2,1-4H3. The summed E-state index contributed by atoms with van der Waals surface area (Å²) in [6, 6.07) is 0. The molecule has 17 heavy (non-hydrogen) atoms. The molecule has 1 N–H and O–H groups in total. The van der Waals surface area contributed by atoms with Crippen molar-refractivity contribution in [2.24, 2.45) is 0 Å². The number of carbonyl (C=O) groups is 1. The Morgan fingerprint density at radius 1 is 1.12 bits per heavy atom. The molecule has 0 radical (unpaired) electrons. The second-order valence-electron chi connectivity index (χ2n) is 4.75. The highest BCUT2D eigenvalue weighted by Gasteiger charge is 2.09. The molecule has 5 nitrogen and oxygen atoms in total. The maximum absolute atomic E-state index is 11.3. The van der Waals surface area contributed by atoms with Gasteiger partial charge in [0.05, 0.1) is 26.2 Å². The number of rotatable bonds is 9. The zero-order valence-corrected chi connectivity index (χ0v) is 11.4. The average Bonchev–Trinajstić information content (AvgIpc) is 2.21. The summed E-state index contributed by atoms with van der Waals surface area (Å²) < 4.78 is 15.0. The Labute approximate surface area is 104 Å². The van der Waals surface area contributed by atoms with E-state index in [4.69, 9.17) is 14.2 Å². The lowest BCUT2D eigenvalue weighted by Crippen LogP contribution is -2.37. The largest absolute Gasteiger partial charge is 0.463 e. The average molecular weight is 247 g/mol. The first-order valence-corrected chi connectivity index (χ1v) is 5.93. The third kappa shape index (κ3) is 13.3. The molecule has 0 aromatic rings. The van der Waals surface area contributed by atoms with Gasteiger partial charge in [0.1, 0.15) is 6.61 Å². The smallest absolute Gasteiger partial charge is 0.307 e. The van der Waals surface area contributed by atoms with Gasteiger partial charge >= 0.3 is 5.97 Å². The molecule has 0 saturated heterocycles. The first-order chi connectivity index (χ1) is 7.95. The quantitative estimate of drug-likeness (QED) is 0.486. The van der Waals surface area contributed by atoms with Crippen LogP contribution in [0.15, 0.2) is 0 Å². The summed E-state index contributed by atoms with van der Waals surface area (Å²) >= 11 is 0. The van der Waals surface area contributed by atoms with Gasteiger partial charge in [0.15, 0.2) is 0 Å². The molecule has 0 aromatic heterocycles. The summed E-state index contributed by atoms with van der Waals surface area (Å²) in [5.41, 5.74) is 0.0313. The SMILES string of the molecule is COCCOCCOC(=O)CCNC(C)(C)C. The van der Waals surface area contributed by atoms with Crippen molar-refractivity contribution in [3.05, 3.63) is 0 Å². The molecule has 0 fully saturated rings. The van der Waals surface area contributed by atoms with Gasteiger partial charge in [-0.05, 0) is 20.8 Å². The Kier molecular flexibility index (Phi) is 9.03. The number of nitrogens with one attached hydrogen (secondary N) is 1. The third-order valence-corrected chi connectivity index (χ3v) is 1.91. The lowest BCUT2D eigenvalue weighted by Gasteiger charge is -2.19. The van der Waals surface area contributed by atoms with Crippen LogP contribution in [0.5, 0.6) is 0 Å². The minimum absolute atomic E-state index is 0.0313. The minimum Gasteiger partial charge on any atom is -0.463 e. The highest BCUT2D eigenvalue weighted by molar-refractivity contribution is 5.69. The first-order valence-electron chi connectivity index (χ1n) is 5.93. The van der Waals surface area contributed by atoms with Crippen molar-refractivity contribution >= 4 is 5.97 Å². The van der Waals surface area contributed by atoms with Crippen molar-refractivity contribution in [3.63, 3.8) is 0 Å². The van der Waals surface area contributed by atoms with Crippen molar-refractivity contribution in [2.45, 2.75) is 32.7 Å². The van der Waals surface area contributed by atoms with Crippen molar-refractivity contribution < 1.29 is 19.0 Å². The van der Waals surface area contributed by atoms with Gasteiger partial charge < -0.3 is 19.5 Å². The summed E-state index contributed by atoms with van der Waals surface area (Å²) in [5, 5.41) is 3.22. The molecule has 0 spiro atoms. The topological polar surface area (TPSA) is 56.8 Å². The van der Waals surface area contributed by atoms with E-state index in [1.807, 2.05) is 0 Å². The van der Waals surface area contributed by atoms with E-state index in [-0.39, 0.29) is 11.5 Å². The molecular weight excluding hydrogens is 222 g/mol. The molecule has 0 heterocycles. The van der Waals surface area contributed by atoms with Crippen LogP contribution in [-0.2, 0) is 19.0 Å². The van der Waals surface area contributed by atoms with Crippen LogP contribution in [0, 0.1) is 0 Å². The first kappa shape index (κ1) is 16.4. The predicted molar refractivity (Wildman–Crippen MR) is 66.0 cm³/mol. The Balaban J connectivity index is 3.29. The molecule has 5 heteroatoms. The summed E-state index contributed by atoms with van der Waals surface area (Å²) in [7, 11) is 1.62. The van der Waals surface area contributed by atoms with Gasteiger partial charge in [-0.15, -0.1) is 0 Å². The Morgan fingerprint density at radius 2 is 1.76 bits per heavy atom. The maximum atomic E-state index is 11.3. The molecule has 0 atom stereocenters. The molecule has 0 aromatic carbocycles. The van der Waals surface area contributed by atoms with E-state index >= 15 is 0 Å². The van der Waals surface area contributed by atoms with Crippen molar-refractivity contribution in [2.75, 3.05) is 40.1 Å². The second kappa shape index (κ2) is 9.39. The molecule has 0 aliphatic rings. The number of ether oxygens (including phenoxy) is 3. The van der Waals surface area contributed by atoms with Gasteiger partial charge in [-0.2, -0.15) is 0 Å². The molecule has 0 saturated carbocycles. The minimum atomic E-state index is -0.197. The van der Waals surface area contributed by atoms with Gasteiger partial charge in [-0.3, -0.25) is 4.79 Å². The normalized spacial score (nSPS) is 11.5. The molecule has 0 unspecified atom stereocenters. The molecular formula is C12H25NO4. The second-order valence-corrected chi connectivity index (χ2v) is 4.75. The van der Waals surface area contributed by atoms with E-state index in [1.54, 1.807) is 7.11 Å². The van der Waals surface area contributed by atoms with Crippen LogP contribution < -0.4 is 5.32 Å². The molecule has 0 aliphatic heterocycles. The summed E-state index contributed by atoms with van der Waals surface area (Å²) in [6.07, 6.45) is 0.384. The zero-order chi connectivity index (χ0) is 13.1. The fraction of sp³-hybridized carbons (Fsp3) is 0.917. The van der Waals surface area contributed by atoms with Crippen molar-refractivity contribution in [1.29, 1.82) is 0 Å². The Morgan fingerprint density at radius 3 is 2.35 bits per heavy atom. The molecule has 0 amide bonds. The van der Waals surface area contributed by atoms with Crippen LogP contribution in [0.1, 0.15) is 27.2 Å². The number of esters is 1. The van der Waals surface area contributed by atoms with Gasteiger partial charge in [0.25, 0.3) is 0 Å². The Hall–Kier alpha value is -0.650. The monoisotopic (exact) mass is 247 g/mol.